The zero-order valence-corrected chi connectivity index (χ0v) is 20.5. The number of hydrogen-bond donors (Lipinski definition) is 3. The molecular formula is C23H29N5O4S. The highest BCUT2D eigenvalue weighted by Crippen LogP contribution is 2.29. The summed E-state index contributed by atoms with van der Waals surface area (Å²) in [6.45, 7) is 9.38. The highest BCUT2D eigenvalue weighted by atomic mass is 32.2. The van der Waals surface area contributed by atoms with E-state index in [1.54, 1.807) is 27.0 Å². The number of carbonyl (C=O) groups excluding carboxylic acids is 1. The number of aromatic amines is 1. The van der Waals surface area contributed by atoms with Crippen molar-refractivity contribution in [2.24, 2.45) is 0 Å². The molecule has 0 atom stereocenters. The summed E-state index contributed by atoms with van der Waals surface area (Å²) < 4.78 is 33.8. The second kappa shape index (κ2) is 9.72. The first kappa shape index (κ1) is 24.4. The lowest BCUT2D eigenvalue weighted by Crippen LogP contribution is -2.29. The number of sulfonamides is 1. The number of anilines is 1. The average Bonchev–Trinajstić information content (AvgIpc) is 3.24. The molecule has 0 saturated heterocycles. The third-order valence-electron chi connectivity index (χ3n) is 5.94. The van der Waals surface area contributed by atoms with Crippen molar-refractivity contribution in [2.45, 2.75) is 45.9 Å². The molecule has 3 N–H and O–H groups in total. The molecule has 1 amide bonds. The molecule has 0 fully saturated rings. The molecule has 0 radical (unpaired) electrons. The highest BCUT2D eigenvalue weighted by molar-refractivity contribution is 7.89. The number of para-hydroxylation sites is 1. The Morgan fingerprint density at radius 1 is 1.00 bits per heavy atom. The predicted molar refractivity (Wildman–Crippen MR) is 127 cm³/mol. The second-order valence-corrected chi connectivity index (χ2v) is 9.56. The van der Waals surface area contributed by atoms with Crippen LogP contribution in [0.25, 0.3) is 11.4 Å². The monoisotopic (exact) mass is 471 g/mol. The van der Waals surface area contributed by atoms with Crippen LogP contribution in [0.15, 0.2) is 29.2 Å². The van der Waals surface area contributed by atoms with Crippen molar-refractivity contribution in [3.8, 4) is 17.1 Å². The first-order valence-corrected chi connectivity index (χ1v) is 12.0. The Kier molecular flexibility index (Phi) is 7.19. The lowest BCUT2D eigenvalue weighted by molar-refractivity contribution is -0.116. The van der Waals surface area contributed by atoms with Crippen LogP contribution in [0.1, 0.15) is 34.2 Å². The van der Waals surface area contributed by atoms with E-state index in [-0.39, 0.29) is 23.8 Å². The summed E-state index contributed by atoms with van der Waals surface area (Å²) in [5, 5.41) is 9.34. The average molecular weight is 472 g/mol. The van der Waals surface area contributed by atoms with Gasteiger partial charge < -0.3 is 4.74 Å². The molecule has 0 spiro atoms. The van der Waals surface area contributed by atoms with Crippen LogP contribution in [-0.4, -0.2) is 43.2 Å². The number of rotatable bonds is 8. The number of nitrogens with one attached hydrogen (secondary N) is 3. The van der Waals surface area contributed by atoms with Gasteiger partial charge in [0.05, 0.1) is 17.6 Å². The molecule has 9 nitrogen and oxygen atoms in total. The Labute approximate surface area is 194 Å². The summed E-state index contributed by atoms with van der Waals surface area (Å²) in [6, 6.07) is 7.29. The van der Waals surface area contributed by atoms with E-state index in [1.807, 2.05) is 39.0 Å². The normalized spacial score (nSPS) is 11.5. The third kappa shape index (κ3) is 5.07. The maximum absolute atomic E-state index is 13.0. The van der Waals surface area contributed by atoms with Crippen molar-refractivity contribution < 1.29 is 17.9 Å². The van der Waals surface area contributed by atoms with Crippen molar-refractivity contribution in [1.29, 1.82) is 0 Å². The minimum atomic E-state index is -3.77. The van der Waals surface area contributed by atoms with Crippen LogP contribution in [0.3, 0.4) is 0 Å². The molecule has 176 valence electrons. The van der Waals surface area contributed by atoms with Crippen molar-refractivity contribution in [2.75, 3.05) is 19.0 Å². The molecule has 0 saturated carbocycles. The standard InChI is InChI=1S/C23H29N5O4S/c1-13-14(2)16(4)21(17(5)15(13)3)33(30,31)24-12-11-20(29)25-23-26-22(27-28-23)18-9-7-8-10-19(18)32-6/h7-10,24H,11-12H2,1-6H3,(H2,25,26,27,28,29). The van der Waals surface area contributed by atoms with E-state index < -0.39 is 15.9 Å². The van der Waals surface area contributed by atoms with Gasteiger partial charge >= 0.3 is 0 Å². The first-order valence-electron chi connectivity index (χ1n) is 10.5. The fourth-order valence-electron chi connectivity index (χ4n) is 3.71. The molecule has 3 aromatic rings. The van der Waals surface area contributed by atoms with Crippen molar-refractivity contribution in [1.82, 2.24) is 19.9 Å². The van der Waals surface area contributed by atoms with Crippen LogP contribution >= 0.6 is 0 Å². The molecule has 0 aliphatic rings. The topological polar surface area (TPSA) is 126 Å². The molecule has 3 rings (SSSR count). The van der Waals surface area contributed by atoms with E-state index in [0.717, 1.165) is 27.8 Å². The van der Waals surface area contributed by atoms with Gasteiger partial charge in [-0.05, 0) is 74.6 Å². The highest BCUT2D eigenvalue weighted by Gasteiger charge is 2.23. The maximum Gasteiger partial charge on any atom is 0.249 e. The van der Waals surface area contributed by atoms with E-state index in [9.17, 15) is 13.2 Å². The number of H-pyrrole nitrogens is 1. The summed E-state index contributed by atoms with van der Waals surface area (Å²) in [4.78, 5) is 16.9. The second-order valence-electron chi connectivity index (χ2n) is 7.86. The zero-order chi connectivity index (χ0) is 24.3. The molecule has 0 unspecified atom stereocenters. The van der Waals surface area contributed by atoms with Crippen LogP contribution in [0.5, 0.6) is 5.75 Å². The molecule has 1 heterocycles. The number of amides is 1. The van der Waals surface area contributed by atoms with E-state index in [2.05, 4.69) is 25.2 Å². The van der Waals surface area contributed by atoms with Gasteiger partial charge in [0.25, 0.3) is 0 Å². The van der Waals surface area contributed by atoms with E-state index in [1.165, 1.54) is 0 Å². The summed E-state index contributed by atoms with van der Waals surface area (Å²) in [7, 11) is -2.22. The van der Waals surface area contributed by atoms with Crippen LogP contribution in [-0.2, 0) is 14.8 Å². The number of nitrogens with zero attached hydrogens (tertiary/aromatic N) is 2. The van der Waals surface area contributed by atoms with Gasteiger partial charge in [-0.15, -0.1) is 5.10 Å². The molecule has 33 heavy (non-hydrogen) atoms. The molecule has 0 aliphatic heterocycles. The lowest BCUT2D eigenvalue weighted by atomic mass is 9.95. The van der Waals surface area contributed by atoms with Crippen LogP contribution in [0.2, 0.25) is 0 Å². The van der Waals surface area contributed by atoms with Crippen molar-refractivity contribution in [3.05, 3.63) is 52.1 Å². The van der Waals surface area contributed by atoms with Gasteiger partial charge in [-0.2, -0.15) is 4.98 Å². The first-order chi connectivity index (χ1) is 15.6. The maximum atomic E-state index is 13.0. The van der Waals surface area contributed by atoms with E-state index in [4.69, 9.17) is 4.74 Å². The summed E-state index contributed by atoms with van der Waals surface area (Å²) in [6.07, 6.45) is -0.0698. The fourth-order valence-corrected chi connectivity index (χ4v) is 5.33. The van der Waals surface area contributed by atoms with Gasteiger partial charge in [0.15, 0.2) is 5.82 Å². The zero-order valence-electron chi connectivity index (χ0n) is 19.7. The van der Waals surface area contributed by atoms with Gasteiger partial charge in [-0.25, -0.2) is 13.1 Å². The number of methoxy groups -OCH3 is 1. The molecule has 1 aromatic heterocycles. The van der Waals surface area contributed by atoms with Gasteiger partial charge in [0.1, 0.15) is 5.75 Å². The van der Waals surface area contributed by atoms with Crippen LogP contribution < -0.4 is 14.8 Å². The van der Waals surface area contributed by atoms with Gasteiger partial charge in [0, 0.05) is 13.0 Å². The molecule has 0 bridgehead atoms. The fraction of sp³-hybridized carbons (Fsp3) is 0.348. The number of aromatic nitrogens is 3. The smallest absolute Gasteiger partial charge is 0.249 e. The SMILES string of the molecule is COc1ccccc1-c1nc(NC(=O)CCNS(=O)(=O)c2c(C)c(C)c(C)c(C)c2C)n[nH]1. The number of benzene rings is 2. The Hall–Kier alpha value is -3.24. The van der Waals surface area contributed by atoms with Crippen LogP contribution in [0.4, 0.5) is 5.95 Å². The third-order valence-corrected chi connectivity index (χ3v) is 7.68. The van der Waals surface area contributed by atoms with Gasteiger partial charge in [-0.1, -0.05) is 12.1 Å². The summed E-state index contributed by atoms with van der Waals surface area (Å²) >= 11 is 0. The predicted octanol–water partition coefficient (Wildman–Crippen LogP) is 3.33. The Morgan fingerprint density at radius 3 is 2.24 bits per heavy atom. The van der Waals surface area contributed by atoms with Crippen LogP contribution in [0, 0.1) is 34.6 Å². The quantitative estimate of drug-likeness (QED) is 0.463. The van der Waals surface area contributed by atoms with Gasteiger partial charge in [-0.3, -0.25) is 15.2 Å². The summed E-state index contributed by atoms with van der Waals surface area (Å²) in [5.41, 5.74) is 5.13. The van der Waals surface area contributed by atoms with Crippen molar-refractivity contribution in [3.63, 3.8) is 0 Å². The van der Waals surface area contributed by atoms with Gasteiger partial charge in [0.2, 0.25) is 21.9 Å². The Morgan fingerprint density at radius 2 is 1.61 bits per heavy atom. The molecule has 0 aliphatic carbocycles. The Bertz CT molecular complexity index is 1270. The molecular weight excluding hydrogens is 442 g/mol. The Balaban J connectivity index is 1.64. The largest absolute Gasteiger partial charge is 0.496 e. The lowest BCUT2D eigenvalue weighted by Gasteiger charge is -2.19. The minimum absolute atomic E-state index is 0.0528. The number of carbonyl (C=O) groups is 1. The molecule has 10 heteroatoms. The summed E-state index contributed by atoms with van der Waals surface area (Å²) in [5.74, 6) is 0.751. The minimum Gasteiger partial charge on any atom is -0.496 e. The molecule has 2 aromatic carbocycles. The van der Waals surface area contributed by atoms with Crippen molar-refractivity contribution >= 4 is 21.9 Å². The van der Waals surface area contributed by atoms with E-state index >= 15 is 0 Å². The number of hydrogen-bond acceptors (Lipinski definition) is 6. The number of ether oxygens (including phenoxy) is 1. The van der Waals surface area contributed by atoms with E-state index in [0.29, 0.717) is 17.1 Å².